The number of ether oxygens (including phenoxy) is 1. The van der Waals surface area contributed by atoms with E-state index in [4.69, 9.17) is 9.84 Å². The van der Waals surface area contributed by atoms with Gasteiger partial charge in [-0.2, -0.15) is 0 Å². The maximum atomic E-state index is 12.0. The van der Waals surface area contributed by atoms with Gasteiger partial charge in [0.05, 0.1) is 18.1 Å². The summed E-state index contributed by atoms with van der Waals surface area (Å²) in [6.45, 7) is 0.635. The fourth-order valence-electron chi connectivity index (χ4n) is 1.54. The summed E-state index contributed by atoms with van der Waals surface area (Å²) in [6, 6.07) is 5.20. The van der Waals surface area contributed by atoms with Crippen LogP contribution in [0.4, 0.5) is 16.2 Å². The molecule has 0 saturated carbocycles. The smallest absolute Gasteiger partial charge is 0.322 e. The molecule has 20 heavy (non-hydrogen) atoms. The summed E-state index contributed by atoms with van der Waals surface area (Å²) in [6.07, 6.45) is 0. The fourth-order valence-corrected chi connectivity index (χ4v) is 1.54. The highest BCUT2D eigenvalue weighted by atomic mass is 16.6. The van der Waals surface area contributed by atoms with E-state index in [1.807, 2.05) is 0 Å². The van der Waals surface area contributed by atoms with Crippen molar-refractivity contribution in [1.29, 1.82) is 0 Å². The molecule has 0 saturated heterocycles. The molecule has 0 radical (unpaired) electrons. The summed E-state index contributed by atoms with van der Waals surface area (Å²) in [5.74, 6) is 0. The van der Waals surface area contributed by atoms with Crippen molar-refractivity contribution in [3.8, 4) is 0 Å². The highest BCUT2D eigenvalue weighted by Gasteiger charge is 2.14. The quantitative estimate of drug-likeness (QED) is 0.575. The van der Waals surface area contributed by atoms with Crippen molar-refractivity contribution in [2.45, 2.75) is 0 Å². The second-order valence-electron chi connectivity index (χ2n) is 3.94. The maximum Gasteiger partial charge on any atom is 0.322 e. The molecule has 1 rings (SSSR count). The summed E-state index contributed by atoms with van der Waals surface area (Å²) in [5.41, 5.74) is 0.220. The van der Waals surface area contributed by atoms with Crippen LogP contribution in [0.3, 0.4) is 0 Å². The van der Waals surface area contributed by atoms with Crippen LogP contribution in [0.5, 0.6) is 0 Å². The van der Waals surface area contributed by atoms with Gasteiger partial charge in [0.2, 0.25) is 0 Å². The van der Waals surface area contributed by atoms with Gasteiger partial charge in [-0.25, -0.2) is 4.79 Å². The molecule has 1 aromatic carbocycles. The zero-order valence-corrected chi connectivity index (χ0v) is 11.1. The summed E-state index contributed by atoms with van der Waals surface area (Å²) in [5, 5.41) is 22.1. The van der Waals surface area contributed by atoms with Gasteiger partial charge in [-0.15, -0.1) is 0 Å². The van der Waals surface area contributed by atoms with E-state index in [-0.39, 0.29) is 18.8 Å². The first kappa shape index (κ1) is 15.9. The average Bonchev–Trinajstić information content (AvgIpc) is 2.43. The van der Waals surface area contributed by atoms with E-state index in [0.717, 1.165) is 0 Å². The van der Waals surface area contributed by atoms with Gasteiger partial charge in [0.15, 0.2) is 0 Å². The number of amides is 2. The van der Waals surface area contributed by atoms with Crippen LogP contribution in [0, 0.1) is 10.1 Å². The number of aliphatic hydroxyl groups is 1. The summed E-state index contributed by atoms with van der Waals surface area (Å²) < 4.78 is 4.88. The molecule has 0 bridgehead atoms. The van der Waals surface area contributed by atoms with Crippen molar-refractivity contribution in [2.24, 2.45) is 0 Å². The number of hydrogen-bond acceptors (Lipinski definition) is 5. The van der Waals surface area contributed by atoms with Gasteiger partial charge in [0.1, 0.15) is 0 Å². The minimum atomic E-state index is -0.536. The Labute approximate surface area is 116 Å². The van der Waals surface area contributed by atoms with Gasteiger partial charge in [-0.05, 0) is 6.07 Å². The molecule has 1 aromatic rings. The van der Waals surface area contributed by atoms with Crippen molar-refractivity contribution in [3.05, 3.63) is 34.4 Å². The first-order valence-electron chi connectivity index (χ1n) is 5.98. The zero-order valence-electron chi connectivity index (χ0n) is 11.1. The predicted octanol–water partition coefficient (Wildman–Crippen LogP) is 1.07. The van der Waals surface area contributed by atoms with Crippen LogP contribution >= 0.6 is 0 Å². The zero-order chi connectivity index (χ0) is 15.0. The second-order valence-corrected chi connectivity index (χ2v) is 3.94. The van der Waals surface area contributed by atoms with Gasteiger partial charge in [0.25, 0.3) is 5.69 Å². The molecule has 0 aromatic heterocycles. The van der Waals surface area contributed by atoms with E-state index >= 15 is 0 Å². The van der Waals surface area contributed by atoms with Gasteiger partial charge < -0.3 is 20.1 Å². The number of non-ortho nitro benzene ring substituents is 1. The molecule has 0 fully saturated rings. The molecule has 110 valence electrons. The molecular formula is C12H17N3O5. The summed E-state index contributed by atoms with van der Waals surface area (Å²) >= 11 is 0. The number of anilines is 1. The van der Waals surface area contributed by atoms with Gasteiger partial charge in [0, 0.05) is 38.0 Å². The van der Waals surface area contributed by atoms with E-state index in [2.05, 4.69) is 5.32 Å². The summed E-state index contributed by atoms with van der Waals surface area (Å²) in [4.78, 5) is 23.4. The Morgan fingerprint density at radius 2 is 2.25 bits per heavy atom. The first-order valence-corrected chi connectivity index (χ1v) is 5.98. The number of nitro groups is 1. The Bertz CT molecular complexity index is 466. The number of urea groups is 1. The Morgan fingerprint density at radius 3 is 2.85 bits per heavy atom. The topological polar surface area (TPSA) is 105 Å². The number of hydrogen-bond donors (Lipinski definition) is 2. The van der Waals surface area contributed by atoms with Gasteiger partial charge in [-0.3, -0.25) is 10.1 Å². The van der Waals surface area contributed by atoms with Crippen LogP contribution in [0.2, 0.25) is 0 Å². The Hall–Kier alpha value is -2.19. The minimum absolute atomic E-state index is 0.103. The monoisotopic (exact) mass is 283 g/mol. The van der Waals surface area contributed by atoms with Crippen LogP contribution in [0.25, 0.3) is 0 Å². The molecule has 8 nitrogen and oxygen atoms in total. The molecular weight excluding hydrogens is 266 g/mol. The van der Waals surface area contributed by atoms with E-state index in [1.165, 1.54) is 30.2 Å². The Kier molecular flexibility index (Phi) is 6.41. The van der Waals surface area contributed by atoms with E-state index in [9.17, 15) is 14.9 Å². The Morgan fingerprint density at radius 1 is 1.50 bits per heavy atom. The van der Waals surface area contributed by atoms with Crippen molar-refractivity contribution in [2.75, 3.05) is 38.7 Å². The van der Waals surface area contributed by atoms with Gasteiger partial charge >= 0.3 is 6.03 Å². The van der Waals surface area contributed by atoms with Gasteiger partial charge in [-0.1, -0.05) is 6.07 Å². The third kappa shape index (κ3) is 4.82. The molecule has 0 aliphatic rings. The van der Waals surface area contributed by atoms with Crippen LogP contribution in [-0.2, 0) is 4.74 Å². The lowest BCUT2D eigenvalue weighted by Crippen LogP contribution is -2.39. The number of benzene rings is 1. The van der Waals surface area contributed by atoms with E-state index < -0.39 is 11.0 Å². The second kappa shape index (κ2) is 8.08. The lowest BCUT2D eigenvalue weighted by Gasteiger charge is -2.21. The number of nitro benzene ring substituents is 1. The molecule has 2 N–H and O–H groups in total. The number of methoxy groups -OCH3 is 1. The largest absolute Gasteiger partial charge is 0.395 e. The molecule has 0 unspecified atom stereocenters. The van der Waals surface area contributed by atoms with E-state index in [1.54, 1.807) is 6.07 Å². The van der Waals surface area contributed by atoms with Crippen LogP contribution in [-0.4, -0.2) is 54.4 Å². The minimum Gasteiger partial charge on any atom is -0.395 e. The number of carbonyl (C=O) groups excluding carboxylic acids is 1. The SMILES string of the molecule is COCCN(CCO)C(=O)Nc1cccc([N+](=O)[O-])c1. The average molecular weight is 283 g/mol. The highest BCUT2D eigenvalue weighted by Crippen LogP contribution is 2.17. The van der Waals surface area contributed by atoms with Crippen molar-refractivity contribution < 1.29 is 19.6 Å². The normalized spacial score (nSPS) is 10.1. The third-order valence-electron chi connectivity index (χ3n) is 2.53. The Balaban J connectivity index is 2.71. The molecule has 0 aliphatic carbocycles. The van der Waals surface area contributed by atoms with E-state index in [0.29, 0.717) is 18.8 Å². The third-order valence-corrected chi connectivity index (χ3v) is 2.53. The van der Waals surface area contributed by atoms with Crippen molar-refractivity contribution in [3.63, 3.8) is 0 Å². The molecule has 8 heteroatoms. The van der Waals surface area contributed by atoms with Crippen LogP contribution < -0.4 is 5.32 Å². The molecule has 0 aliphatic heterocycles. The fraction of sp³-hybridized carbons (Fsp3) is 0.417. The number of rotatable bonds is 7. The summed E-state index contributed by atoms with van der Waals surface area (Å²) in [7, 11) is 1.51. The lowest BCUT2D eigenvalue weighted by molar-refractivity contribution is -0.384. The first-order chi connectivity index (χ1) is 9.58. The van der Waals surface area contributed by atoms with Crippen LogP contribution in [0.15, 0.2) is 24.3 Å². The van der Waals surface area contributed by atoms with Crippen molar-refractivity contribution in [1.82, 2.24) is 4.90 Å². The number of nitrogens with zero attached hydrogens (tertiary/aromatic N) is 2. The molecule has 0 spiro atoms. The number of carbonyl (C=O) groups is 1. The highest BCUT2D eigenvalue weighted by molar-refractivity contribution is 5.89. The number of aliphatic hydroxyl groups excluding tert-OH is 1. The predicted molar refractivity (Wildman–Crippen MR) is 72.6 cm³/mol. The molecule has 0 atom stereocenters. The number of nitrogens with one attached hydrogen (secondary N) is 1. The maximum absolute atomic E-state index is 12.0. The molecule has 0 heterocycles. The van der Waals surface area contributed by atoms with Crippen molar-refractivity contribution >= 4 is 17.4 Å². The van der Waals surface area contributed by atoms with Crippen LogP contribution in [0.1, 0.15) is 0 Å². The molecule has 2 amide bonds. The standard InChI is InChI=1S/C12H17N3O5/c1-20-8-6-14(5-7-16)12(17)13-10-3-2-4-11(9-10)15(18)19/h2-4,9,16H,5-8H2,1H3,(H,13,17). The lowest BCUT2D eigenvalue weighted by atomic mass is 10.3.